The fraction of sp³-hybridized carbons (Fsp3) is 0.448. The van der Waals surface area contributed by atoms with Crippen molar-refractivity contribution in [2.45, 2.75) is 43.6 Å². The van der Waals surface area contributed by atoms with Gasteiger partial charge in [-0.25, -0.2) is 13.2 Å². The first-order valence-corrected chi connectivity index (χ1v) is 14.6. The summed E-state index contributed by atoms with van der Waals surface area (Å²) >= 11 is 0. The number of carboxylic acid groups (broad SMARTS) is 1. The van der Waals surface area contributed by atoms with Gasteiger partial charge < -0.3 is 19.3 Å². The molecule has 1 saturated heterocycles. The molecule has 2 aromatic rings. The number of aliphatic carboxylic acids is 1. The Kier molecular flexibility index (Phi) is 8.52. The number of hydrogen-bond donors (Lipinski definition) is 1. The smallest absolute Gasteiger partial charge is 0.414 e. The van der Waals surface area contributed by atoms with E-state index in [1.54, 1.807) is 19.2 Å². The van der Waals surface area contributed by atoms with E-state index in [2.05, 4.69) is 11.8 Å². The van der Waals surface area contributed by atoms with Gasteiger partial charge in [0.15, 0.2) is 14.6 Å². The summed E-state index contributed by atoms with van der Waals surface area (Å²) in [4.78, 5) is 25.4. The molecule has 0 bridgehead atoms. The number of carbonyl (C=O) groups excluding carboxylic acids is 1. The number of amides is 1. The molecule has 1 amide bonds. The molecular formula is C29H33NO8S. The fourth-order valence-electron chi connectivity index (χ4n) is 4.64. The molecule has 10 heteroatoms. The maximum absolute atomic E-state index is 12.4. The van der Waals surface area contributed by atoms with E-state index in [9.17, 15) is 23.1 Å². The summed E-state index contributed by atoms with van der Waals surface area (Å²) in [6.07, 6.45) is 1.03. The summed E-state index contributed by atoms with van der Waals surface area (Å²) in [5.41, 5.74) is 2.50. The second kappa shape index (κ2) is 11.7. The number of benzene rings is 2. The Morgan fingerprint density at radius 3 is 2.41 bits per heavy atom. The molecule has 2 fully saturated rings. The van der Waals surface area contributed by atoms with Crippen LogP contribution in [-0.2, 0) is 30.7 Å². The molecule has 0 radical (unpaired) electrons. The Morgan fingerprint density at radius 1 is 1.15 bits per heavy atom. The van der Waals surface area contributed by atoms with Gasteiger partial charge in [0.25, 0.3) is 0 Å². The van der Waals surface area contributed by atoms with Crippen molar-refractivity contribution in [3.63, 3.8) is 0 Å². The van der Waals surface area contributed by atoms with Crippen molar-refractivity contribution in [2.24, 2.45) is 11.8 Å². The van der Waals surface area contributed by atoms with Gasteiger partial charge in [0.1, 0.15) is 11.9 Å². The predicted octanol–water partition coefficient (Wildman–Crippen LogP) is 3.89. The van der Waals surface area contributed by atoms with Gasteiger partial charge in [-0.1, -0.05) is 24.0 Å². The first-order valence-electron chi connectivity index (χ1n) is 12.7. The number of anilines is 1. The molecule has 208 valence electrons. The summed E-state index contributed by atoms with van der Waals surface area (Å²) in [6, 6.07) is 15.0. The standard InChI is InChI=1S/C29H33NO8S/c1-29(27(31)32,39(3,34)35)16-26-17-30(28(33)38-26)24-10-6-20(7-11-24)4-5-22-14-23(15-22)19-37-18-21-8-12-25(36-2)13-9-21/h6-13,22-23,26H,14-19H2,1-3H3,(H,31,32)/t22?,23?,26-,29+/m0/s1. The largest absolute Gasteiger partial charge is 0.497 e. The Morgan fingerprint density at radius 2 is 1.82 bits per heavy atom. The second-order valence-electron chi connectivity index (χ2n) is 10.3. The highest BCUT2D eigenvalue weighted by atomic mass is 32.2. The lowest BCUT2D eigenvalue weighted by atomic mass is 9.76. The number of ether oxygens (including phenoxy) is 3. The molecule has 39 heavy (non-hydrogen) atoms. The minimum atomic E-state index is -3.92. The van der Waals surface area contributed by atoms with Crippen LogP contribution in [0.1, 0.15) is 37.3 Å². The Balaban J connectivity index is 1.24. The molecule has 0 aromatic heterocycles. The maximum Gasteiger partial charge on any atom is 0.414 e. The average Bonchev–Trinajstić information content (AvgIpc) is 3.24. The van der Waals surface area contributed by atoms with Gasteiger partial charge in [-0.2, -0.15) is 0 Å². The molecule has 2 aliphatic rings. The van der Waals surface area contributed by atoms with Crippen LogP contribution in [0.5, 0.6) is 5.75 Å². The lowest BCUT2D eigenvalue weighted by molar-refractivity contribution is -0.140. The van der Waals surface area contributed by atoms with Crippen LogP contribution in [0.15, 0.2) is 48.5 Å². The highest BCUT2D eigenvalue weighted by molar-refractivity contribution is 7.92. The van der Waals surface area contributed by atoms with Crippen molar-refractivity contribution in [1.82, 2.24) is 0 Å². The Bertz CT molecular complexity index is 1350. The molecule has 1 heterocycles. The first-order chi connectivity index (χ1) is 18.5. The topological polar surface area (TPSA) is 119 Å². The van der Waals surface area contributed by atoms with Crippen LogP contribution in [0, 0.1) is 23.7 Å². The van der Waals surface area contributed by atoms with Crippen molar-refractivity contribution < 1.29 is 37.3 Å². The third-order valence-corrected chi connectivity index (χ3v) is 9.36. The van der Waals surface area contributed by atoms with Crippen molar-refractivity contribution in [3.8, 4) is 17.6 Å². The summed E-state index contributed by atoms with van der Waals surface area (Å²) < 4.78 is 38.4. The van der Waals surface area contributed by atoms with E-state index in [1.165, 1.54) is 4.90 Å². The zero-order chi connectivity index (χ0) is 28.2. The van der Waals surface area contributed by atoms with Gasteiger partial charge in [-0.15, -0.1) is 0 Å². The molecule has 2 aromatic carbocycles. The third-order valence-electron chi connectivity index (χ3n) is 7.38. The van der Waals surface area contributed by atoms with E-state index in [1.807, 2.05) is 36.4 Å². The highest BCUT2D eigenvalue weighted by Gasteiger charge is 2.48. The van der Waals surface area contributed by atoms with Crippen molar-refractivity contribution in [2.75, 3.05) is 31.4 Å². The number of carbonyl (C=O) groups is 2. The molecule has 1 aliphatic heterocycles. The van der Waals surface area contributed by atoms with Crippen LogP contribution in [0.25, 0.3) is 0 Å². The van der Waals surface area contributed by atoms with E-state index in [0.717, 1.165) is 42.9 Å². The van der Waals surface area contributed by atoms with Crippen molar-refractivity contribution >= 4 is 27.6 Å². The monoisotopic (exact) mass is 555 g/mol. The van der Waals surface area contributed by atoms with Crippen LogP contribution in [0.2, 0.25) is 0 Å². The summed E-state index contributed by atoms with van der Waals surface area (Å²) in [6.45, 7) is 2.48. The molecule has 4 rings (SSSR count). The first kappa shape index (κ1) is 28.5. The van der Waals surface area contributed by atoms with Crippen LogP contribution in [0.4, 0.5) is 10.5 Å². The van der Waals surface area contributed by atoms with Crippen LogP contribution in [0.3, 0.4) is 0 Å². The summed E-state index contributed by atoms with van der Waals surface area (Å²) in [5, 5.41) is 9.47. The zero-order valence-corrected chi connectivity index (χ0v) is 23.1. The predicted molar refractivity (Wildman–Crippen MR) is 145 cm³/mol. The molecule has 2 atom stereocenters. The lowest BCUT2D eigenvalue weighted by Gasteiger charge is -2.31. The van der Waals surface area contributed by atoms with Crippen molar-refractivity contribution in [3.05, 3.63) is 59.7 Å². The number of sulfone groups is 1. The number of hydrogen-bond acceptors (Lipinski definition) is 7. The molecule has 0 unspecified atom stereocenters. The fourth-order valence-corrected chi connectivity index (χ4v) is 5.44. The molecule has 1 N–H and O–H groups in total. The number of carboxylic acids is 1. The van der Waals surface area contributed by atoms with E-state index in [-0.39, 0.29) is 13.0 Å². The van der Waals surface area contributed by atoms with E-state index >= 15 is 0 Å². The van der Waals surface area contributed by atoms with E-state index < -0.39 is 32.8 Å². The van der Waals surface area contributed by atoms with Crippen LogP contribution in [-0.4, -0.2) is 63.0 Å². The molecule has 1 saturated carbocycles. The van der Waals surface area contributed by atoms with Crippen LogP contribution >= 0.6 is 0 Å². The molecule has 9 nitrogen and oxygen atoms in total. The summed E-state index contributed by atoms with van der Waals surface area (Å²) in [7, 11) is -2.28. The van der Waals surface area contributed by atoms with Gasteiger partial charge in [-0.3, -0.25) is 9.69 Å². The SMILES string of the molecule is COc1ccc(COCC2CC(C#Cc3ccc(N4C[C@H](C[C@](C)(C(=O)O)S(C)(=O)=O)OC4=O)cc3)C2)cc1. The highest BCUT2D eigenvalue weighted by Crippen LogP contribution is 2.34. The van der Waals surface area contributed by atoms with E-state index in [0.29, 0.717) is 30.7 Å². The van der Waals surface area contributed by atoms with Gasteiger partial charge in [0.05, 0.1) is 20.3 Å². The minimum absolute atomic E-state index is 0.0618. The third kappa shape index (κ3) is 6.72. The molecule has 1 aliphatic carbocycles. The van der Waals surface area contributed by atoms with Crippen molar-refractivity contribution in [1.29, 1.82) is 0 Å². The number of rotatable bonds is 10. The number of cyclic esters (lactones) is 1. The Hall–Kier alpha value is -3.55. The number of nitrogens with zero attached hydrogens (tertiary/aromatic N) is 1. The van der Waals surface area contributed by atoms with Crippen LogP contribution < -0.4 is 9.64 Å². The maximum atomic E-state index is 12.4. The second-order valence-corrected chi connectivity index (χ2v) is 12.8. The average molecular weight is 556 g/mol. The Labute approximate surface area is 229 Å². The molecular weight excluding hydrogens is 522 g/mol. The van der Waals surface area contributed by atoms with E-state index in [4.69, 9.17) is 14.2 Å². The minimum Gasteiger partial charge on any atom is -0.497 e. The normalized spacial score (nSPS) is 22.2. The lowest BCUT2D eigenvalue weighted by Crippen LogP contribution is -2.46. The van der Waals surface area contributed by atoms with Gasteiger partial charge in [0, 0.05) is 36.5 Å². The number of methoxy groups -OCH3 is 1. The quantitative estimate of drug-likeness (QED) is 0.439. The zero-order valence-electron chi connectivity index (χ0n) is 22.3. The molecule has 0 spiro atoms. The van der Waals surface area contributed by atoms with Gasteiger partial charge >= 0.3 is 12.1 Å². The summed E-state index contributed by atoms with van der Waals surface area (Å²) in [5.74, 6) is 6.68. The van der Waals surface area contributed by atoms with Gasteiger partial charge in [-0.05, 0) is 67.6 Å². The van der Waals surface area contributed by atoms with Gasteiger partial charge in [0.2, 0.25) is 0 Å².